The Bertz CT molecular complexity index is 467. The number of primary amides is 1. The minimum absolute atomic E-state index is 0.355. The first kappa shape index (κ1) is 14.6. The Balaban J connectivity index is 2.52. The standard InChI is InChI=1S/C13H16N4O2/c14-7-3-1-2-4-11(12(15)18)17-13(19)10-5-8-16-9-6-10/h5-6,8-9,11H,1-4H2,(H2,15,18)(H,17,19)/t11-/m0/s1. The summed E-state index contributed by atoms with van der Waals surface area (Å²) in [7, 11) is 0. The number of rotatable bonds is 7. The predicted octanol–water partition coefficient (Wildman–Crippen LogP) is 0.749. The monoisotopic (exact) mass is 260 g/mol. The van der Waals surface area contributed by atoms with E-state index in [1.54, 1.807) is 12.1 Å². The Morgan fingerprint density at radius 3 is 2.63 bits per heavy atom. The smallest absolute Gasteiger partial charge is 0.252 e. The molecule has 0 fully saturated rings. The number of pyridine rings is 1. The van der Waals surface area contributed by atoms with E-state index in [0.29, 0.717) is 31.2 Å². The molecule has 0 bridgehead atoms. The summed E-state index contributed by atoms with van der Waals surface area (Å²) in [4.78, 5) is 26.9. The third-order valence-corrected chi connectivity index (χ3v) is 2.62. The average Bonchev–Trinajstić information content (AvgIpc) is 2.42. The maximum atomic E-state index is 11.8. The Morgan fingerprint density at radius 1 is 1.37 bits per heavy atom. The largest absolute Gasteiger partial charge is 0.368 e. The number of nitrogens with zero attached hydrogens (tertiary/aromatic N) is 2. The van der Waals surface area contributed by atoms with E-state index in [-0.39, 0.29) is 5.91 Å². The Morgan fingerprint density at radius 2 is 2.05 bits per heavy atom. The second kappa shape index (κ2) is 7.82. The van der Waals surface area contributed by atoms with Gasteiger partial charge in [-0.15, -0.1) is 0 Å². The van der Waals surface area contributed by atoms with Gasteiger partial charge in [-0.05, 0) is 31.4 Å². The molecule has 6 heteroatoms. The third-order valence-electron chi connectivity index (χ3n) is 2.62. The summed E-state index contributed by atoms with van der Waals surface area (Å²) in [5, 5.41) is 11.0. The number of carbonyl (C=O) groups is 2. The molecule has 1 atom stereocenters. The molecule has 6 nitrogen and oxygen atoms in total. The van der Waals surface area contributed by atoms with Gasteiger partial charge in [-0.3, -0.25) is 14.6 Å². The Labute approximate surface area is 111 Å². The summed E-state index contributed by atoms with van der Waals surface area (Å²) in [6, 6.07) is 4.44. The maximum Gasteiger partial charge on any atom is 0.252 e. The van der Waals surface area contributed by atoms with Crippen molar-refractivity contribution in [2.24, 2.45) is 5.73 Å². The summed E-state index contributed by atoms with van der Waals surface area (Å²) in [6.07, 6.45) is 5.23. The summed E-state index contributed by atoms with van der Waals surface area (Å²) in [5.74, 6) is -0.925. The number of hydrogen-bond donors (Lipinski definition) is 2. The maximum absolute atomic E-state index is 11.8. The summed E-state index contributed by atoms with van der Waals surface area (Å²) in [5.41, 5.74) is 5.68. The van der Waals surface area contributed by atoms with Gasteiger partial charge in [0.05, 0.1) is 6.07 Å². The lowest BCUT2D eigenvalue weighted by atomic mass is 10.1. The van der Waals surface area contributed by atoms with E-state index in [4.69, 9.17) is 11.0 Å². The van der Waals surface area contributed by atoms with Crippen LogP contribution in [0.4, 0.5) is 0 Å². The topological polar surface area (TPSA) is 109 Å². The fourth-order valence-corrected chi connectivity index (χ4v) is 1.58. The third kappa shape index (κ3) is 5.17. The molecule has 3 N–H and O–H groups in total. The molecule has 2 amide bonds. The van der Waals surface area contributed by atoms with Crippen LogP contribution < -0.4 is 11.1 Å². The van der Waals surface area contributed by atoms with Gasteiger partial charge in [0.1, 0.15) is 6.04 Å². The van der Waals surface area contributed by atoms with Crippen LogP contribution in [0.15, 0.2) is 24.5 Å². The van der Waals surface area contributed by atoms with E-state index < -0.39 is 11.9 Å². The van der Waals surface area contributed by atoms with E-state index in [1.807, 2.05) is 6.07 Å². The highest BCUT2D eigenvalue weighted by Crippen LogP contribution is 2.05. The van der Waals surface area contributed by atoms with Crippen molar-refractivity contribution in [1.82, 2.24) is 10.3 Å². The van der Waals surface area contributed by atoms with Crippen LogP contribution in [0.5, 0.6) is 0 Å². The number of nitrogens with one attached hydrogen (secondary N) is 1. The first-order chi connectivity index (χ1) is 9.15. The van der Waals surface area contributed by atoms with Crippen LogP contribution in [-0.2, 0) is 4.79 Å². The van der Waals surface area contributed by atoms with Crippen molar-refractivity contribution in [3.63, 3.8) is 0 Å². The Hall–Kier alpha value is -2.42. The van der Waals surface area contributed by atoms with E-state index in [1.165, 1.54) is 12.4 Å². The second-order valence-corrected chi connectivity index (χ2v) is 4.07. The molecule has 0 aromatic carbocycles. The van der Waals surface area contributed by atoms with Crippen molar-refractivity contribution in [1.29, 1.82) is 5.26 Å². The molecule has 19 heavy (non-hydrogen) atoms. The van der Waals surface area contributed by atoms with E-state index in [0.717, 1.165) is 0 Å². The van der Waals surface area contributed by atoms with Crippen molar-refractivity contribution >= 4 is 11.8 Å². The van der Waals surface area contributed by atoms with Crippen LogP contribution in [0.2, 0.25) is 0 Å². The molecule has 0 saturated carbocycles. The first-order valence-electron chi connectivity index (χ1n) is 6.02. The zero-order chi connectivity index (χ0) is 14.1. The predicted molar refractivity (Wildman–Crippen MR) is 68.8 cm³/mol. The highest BCUT2D eigenvalue weighted by atomic mass is 16.2. The van der Waals surface area contributed by atoms with Gasteiger partial charge in [0.2, 0.25) is 5.91 Å². The fraction of sp³-hybridized carbons (Fsp3) is 0.385. The van der Waals surface area contributed by atoms with Crippen LogP contribution in [-0.4, -0.2) is 22.8 Å². The van der Waals surface area contributed by atoms with Gasteiger partial charge in [-0.25, -0.2) is 0 Å². The number of nitrogens with two attached hydrogens (primary N) is 1. The molecule has 0 radical (unpaired) electrons. The van der Waals surface area contributed by atoms with Crippen molar-refractivity contribution in [2.45, 2.75) is 31.7 Å². The molecule has 0 aliphatic carbocycles. The van der Waals surface area contributed by atoms with Gasteiger partial charge >= 0.3 is 0 Å². The molecule has 0 aliphatic heterocycles. The molecule has 1 rings (SSSR count). The minimum atomic E-state index is -0.709. The zero-order valence-corrected chi connectivity index (χ0v) is 10.5. The molecule has 1 aromatic heterocycles. The van der Waals surface area contributed by atoms with E-state index in [2.05, 4.69) is 10.3 Å². The lowest BCUT2D eigenvalue weighted by Crippen LogP contribution is -2.44. The van der Waals surface area contributed by atoms with Crippen molar-refractivity contribution in [2.75, 3.05) is 0 Å². The average molecular weight is 260 g/mol. The molecule has 0 aliphatic rings. The summed E-state index contributed by atoms with van der Waals surface area (Å²) < 4.78 is 0. The van der Waals surface area contributed by atoms with Crippen LogP contribution >= 0.6 is 0 Å². The first-order valence-corrected chi connectivity index (χ1v) is 6.02. The molecule has 0 spiro atoms. The number of nitriles is 1. The van der Waals surface area contributed by atoms with E-state index in [9.17, 15) is 9.59 Å². The lowest BCUT2D eigenvalue weighted by Gasteiger charge is -2.15. The van der Waals surface area contributed by atoms with E-state index >= 15 is 0 Å². The number of unbranched alkanes of at least 4 members (excludes halogenated alkanes) is 2. The SMILES string of the molecule is N#CCCCC[C@H](NC(=O)c1ccncc1)C(N)=O. The van der Waals surface area contributed by atoms with Gasteiger partial charge in [0.15, 0.2) is 0 Å². The number of aromatic nitrogens is 1. The van der Waals surface area contributed by atoms with Crippen LogP contribution in [0.1, 0.15) is 36.0 Å². The van der Waals surface area contributed by atoms with Crippen LogP contribution in [0.3, 0.4) is 0 Å². The molecule has 0 unspecified atom stereocenters. The van der Waals surface area contributed by atoms with Crippen LogP contribution in [0, 0.1) is 11.3 Å². The summed E-state index contributed by atoms with van der Waals surface area (Å²) in [6.45, 7) is 0. The molecular weight excluding hydrogens is 244 g/mol. The highest BCUT2D eigenvalue weighted by molar-refractivity contribution is 5.97. The Kier molecular flexibility index (Phi) is 6.03. The quantitative estimate of drug-likeness (QED) is 0.705. The normalized spacial score (nSPS) is 11.3. The van der Waals surface area contributed by atoms with Crippen molar-refractivity contribution < 1.29 is 9.59 Å². The van der Waals surface area contributed by atoms with Crippen LogP contribution in [0.25, 0.3) is 0 Å². The van der Waals surface area contributed by atoms with Crippen molar-refractivity contribution in [3.8, 4) is 6.07 Å². The molecule has 0 saturated heterocycles. The van der Waals surface area contributed by atoms with Crippen molar-refractivity contribution in [3.05, 3.63) is 30.1 Å². The minimum Gasteiger partial charge on any atom is -0.368 e. The number of carbonyl (C=O) groups excluding carboxylic acids is 2. The number of hydrogen-bond acceptors (Lipinski definition) is 4. The van der Waals surface area contributed by atoms with Gasteiger partial charge in [-0.2, -0.15) is 5.26 Å². The van der Waals surface area contributed by atoms with Gasteiger partial charge in [-0.1, -0.05) is 0 Å². The fourth-order valence-electron chi connectivity index (χ4n) is 1.58. The lowest BCUT2D eigenvalue weighted by molar-refractivity contribution is -0.120. The number of amides is 2. The highest BCUT2D eigenvalue weighted by Gasteiger charge is 2.18. The van der Waals surface area contributed by atoms with Gasteiger partial charge < -0.3 is 11.1 Å². The molecule has 100 valence electrons. The van der Waals surface area contributed by atoms with Gasteiger partial charge in [0, 0.05) is 24.4 Å². The molecule has 1 aromatic rings. The second-order valence-electron chi connectivity index (χ2n) is 4.07. The zero-order valence-electron chi connectivity index (χ0n) is 10.5. The van der Waals surface area contributed by atoms with Gasteiger partial charge in [0.25, 0.3) is 5.91 Å². The molecular formula is C13H16N4O2. The summed E-state index contributed by atoms with van der Waals surface area (Å²) >= 11 is 0. The molecule has 1 heterocycles.